The number of fused-ring (bicyclic) bond motifs is 4. The highest BCUT2D eigenvalue weighted by atomic mass is 32.2. The number of carboxylic acid groups (broad SMARTS) is 1. The number of hydrogen-bond donors (Lipinski definition) is 2. The van der Waals surface area contributed by atoms with Gasteiger partial charge in [-0.25, -0.2) is 8.42 Å². The predicted molar refractivity (Wildman–Crippen MR) is 148 cm³/mol. The highest BCUT2D eigenvalue weighted by Crippen LogP contribution is 2.41. The van der Waals surface area contributed by atoms with Crippen molar-refractivity contribution in [2.75, 3.05) is 0 Å². The van der Waals surface area contributed by atoms with Crippen LogP contribution in [-0.2, 0) is 21.2 Å². The minimum Gasteiger partial charge on any atom is -0.480 e. The second kappa shape index (κ2) is 10.0. The molecular formula is C29H29NO5S2. The molecule has 2 heterocycles. The fourth-order valence-electron chi connectivity index (χ4n) is 4.61. The van der Waals surface area contributed by atoms with Gasteiger partial charge < -0.3 is 9.52 Å². The Labute approximate surface area is 220 Å². The molecule has 0 radical (unpaired) electrons. The lowest BCUT2D eigenvalue weighted by Crippen LogP contribution is -2.44. The molecule has 1 aromatic heterocycles. The van der Waals surface area contributed by atoms with Gasteiger partial charge in [0.05, 0.1) is 4.90 Å². The number of sulfonamides is 1. The first-order chi connectivity index (χ1) is 17.6. The maximum absolute atomic E-state index is 12.9. The van der Waals surface area contributed by atoms with Crippen LogP contribution in [0.3, 0.4) is 0 Å². The SMILES string of the molecule is Cc1ccc2c(c1)SC(c1ccc3oc4cc(S(=O)(=O)N[C@H](C(=O)O)C(C)C)ccc4c3c1)=CCCC2. The summed E-state index contributed by atoms with van der Waals surface area (Å²) in [4.78, 5) is 14.0. The molecule has 0 amide bonds. The summed E-state index contributed by atoms with van der Waals surface area (Å²) in [5.74, 6) is -1.62. The average molecular weight is 536 g/mol. The van der Waals surface area contributed by atoms with Crippen LogP contribution in [0.4, 0.5) is 0 Å². The first-order valence-corrected chi connectivity index (χ1v) is 14.6. The molecule has 0 saturated carbocycles. The van der Waals surface area contributed by atoms with Crippen molar-refractivity contribution in [3.8, 4) is 0 Å². The van der Waals surface area contributed by atoms with Crippen LogP contribution in [0.5, 0.6) is 0 Å². The number of carboxylic acids is 1. The fraction of sp³-hybridized carbons (Fsp3) is 0.276. The van der Waals surface area contributed by atoms with E-state index in [4.69, 9.17) is 4.42 Å². The molecule has 0 saturated heterocycles. The molecule has 192 valence electrons. The van der Waals surface area contributed by atoms with Gasteiger partial charge in [-0.05, 0) is 79.1 Å². The number of carbonyl (C=O) groups is 1. The third kappa shape index (κ3) is 5.19. The summed E-state index contributed by atoms with van der Waals surface area (Å²) >= 11 is 1.79. The molecule has 0 bridgehead atoms. The fourth-order valence-corrected chi connectivity index (χ4v) is 7.19. The molecule has 4 aromatic rings. The molecule has 1 atom stereocenters. The monoisotopic (exact) mass is 535 g/mol. The van der Waals surface area contributed by atoms with Crippen molar-refractivity contribution < 1.29 is 22.7 Å². The van der Waals surface area contributed by atoms with Gasteiger partial charge in [-0.1, -0.05) is 49.9 Å². The van der Waals surface area contributed by atoms with Crippen LogP contribution >= 0.6 is 11.8 Å². The number of benzene rings is 3. The highest BCUT2D eigenvalue weighted by molar-refractivity contribution is 8.08. The molecule has 5 rings (SSSR count). The van der Waals surface area contributed by atoms with Crippen LogP contribution in [0.1, 0.15) is 43.4 Å². The average Bonchev–Trinajstić information content (AvgIpc) is 3.20. The lowest BCUT2D eigenvalue weighted by atomic mass is 10.0. The Balaban J connectivity index is 1.51. The molecule has 1 aliphatic rings. The number of allylic oxidation sites excluding steroid dienone is 1. The van der Waals surface area contributed by atoms with Gasteiger partial charge in [-0.3, -0.25) is 4.79 Å². The Bertz CT molecular complexity index is 1650. The number of furan rings is 1. The van der Waals surface area contributed by atoms with Crippen LogP contribution in [-0.4, -0.2) is 25.5 Å². The van der Waals surface area contributed by atoms with Crippen LogP contribution in [0, 0.1) is 12.8 Å². The van der Waals surface area contributed by atoms with Crippen molar-refractivity contribution in [2.45, 2.75) is 55.9 Å². The molecule has 37 heavy (non-hydrogen) atoms. The summed E-state index contributed by atoms with van der Waals surface area (Å²) in [7, 11) is -4.05. The van der Waals surface area contributed by atoms with E-state index in [2.05, 4.69) is 42.0 Å². The van der Waals surface area contributed by atoms with Gasteiger partial charge in [0, 0.05) is 26.6 Å². The summed E-state index contributed by atoms with van der Waals surface area (Å²) in [6.07, 6.45) is 5.47. The van der Waals surface area contributed by atoms with E-state index in [1.54, 1.807) is 31.7 Å². The van der Waals surface area contributed by atoms with Crippen LogP contribution in [0.2, 0.25) is 0 Å². The van der Waals surface area contributed by atoms with Gasteiger partial charge in [-0.2, -0.15) is 4.72 Å². The predicted octanol–water partition coefficient (Wildman–Crippen LogP) is 6.75. The number of thioether (sulfide) groups is 1. The number of aryl methyl sites for hydroxylation is 2. The molecule has 8 heteroatoms. The molecule has 0 fully saturated rings. The third-order valence-electron chi connectivity index (χ3n) is 6.67. The van der Waals surface area contributed by atoms with Gasteiger partial charge in [0.1, 0.15) is 17.2 Å². The van der Waals surface area contributed by atoms with Crippen molar-refractivity contribution in [3.05, 3.63) is 77.4 Å². The van der Waals surface area contributed by atoms with Gasteiger partial charge in [0.25, 0.3) is 0 Å². The molecular weight excluding hydrogens is 506 g/mol. The van der Waals surface area contributed by atoms with Crippen molar-refractivity contribution in [1.82, 2.24) is 4.72 Å². The maximum Gasteiger partial charge on any atom is 0.322 e. The van der Waals surface area contributed by atoms with Crippen LogP contribution in [0.15, 0.2) is 74.9 Å². The second-order valence-corrected chi connectivity index (χ2v) is 12.6. The Morgan fingerprint density at radius 1 is 1.03 bits per heavy atom. The first-order valence-electron chi connectivity index (χ1n) is 12.3. The molecule has 0 aliphatic carbocycles. The second-order valence-electron chi connectivity index (χ2n) is 9.83. The normalized spacial score (nSPS) is 15.3. The zero-order chi connectivity index (χ0) is 26.3. The molecule has 3 aromatic carbocycles. The Hall–Kier alpha value is -3.07. The maximum atomic E-state index is 12.9. The minimum atomic E-state index is -4.05. The van der Waals surface area contributed by atoms with Crippen molar-refractivity contribution in [1.29, 1.82) is 0 Å². The van der Waals surface area contributed by atoms with Gasteiger partial charge in [0.2, 0.25) is 10.0 Å². The van der Waals surface area contributed by atoms with Crippen LogP contribution in [0.25, 0.3) is 26.8 Å². The lowest BCUT2D eigenvalue weighted by molar-refractivity contribution is -0.140. The molecule has 2 N–H and O–H groups in total. The van der Waals surface area contributed by atoms with Crippen LogP contribution < -0.4 is 4.72 Å². The van der Waals surface area contributed by atoms with E-state index < -0.39 is 28.0 Å². The van der Waals surface area contributed by atoms with Crippen molar-refractivity contribution in [3.63, 3.8) is 0 Å². The van der Waals surface area contributed by atoms with Gasteiger partial charge >= 0.3 is 5.97 Å². The third-order valence-corrected chi connectivity index (χ3v) is 9.34. The molecule has 6 nitrogen and oxygen atoms in total. The Morgan fingerprint density at radius 3 is 2.59 bits per heavy atom. The number of nitrogens with one attached hydrogen (secondary N) is 1. The van der Waals surface area contributed by atoms with Gasteiger partial charge in [0.15, 0.2) is 0 Å². The van der Waals surface area contributed by atoms with Crippen molar-refractivity contribution >= 4 is 54.6 Å². The van der Waals surface area contributed by atoms with E-state index in [-0.39, 0.29) is 4.90 Å². The van der Waals surface area contributed by atoms with Crippen molar-refractivity contribution in [2.24, 2.45) is 5.92 Å². The summed E-state index contributed by atoms with van der Waals surface area (Å²) in [5.41, 5.74) is 4.81. The zero-order valence-electron chi connectivity index (χ0n) is 20.9. The number of rotatable bonds is 6. The van der Waals surface area contributed by atoms with E-state index in [1.807, 2.05) is 12.1 Å². The van der Waals surface area contributed by atoms with E-state index in [9.17, 15) is 18.3 Å². The Kier molecular flexibility index (Phi) is 6.91. The summed E-state index contributed by atoms with van der Waals surface area (Å²) in [6.45, 7) is 5.43. The quantitative estimate of drug-likeness (QED) is 0.283. The minimum absolute atomic E-state index is 0.0311. The summed E-state index contributed by atoms with van der Waals surface area (Å²) in [5, 5.41) is 11.1. The molecule has 1 aliphatic heterocycles. The largest absolute Gasteiger partial charge is 0.480 e. The summed E-state index contributed by atoms with van der Waals surface area (Å²) in [6, 6.07) is 16.2. The van der Waals surface area contributed by atoms with E-state index in [0.29, 0.717) is 11.2 Å². The topological polar surface area (TPSA) is 96.6 Å². The van der Waals surface area contributed by atoms with E-state index in [0.717, 1.165) is 35.6 Å². The number of hydrogen-bond acceptors (Lipinski definition) is 5. The van der Waals surface area contributed by atoms with E-state index in [1.165, 1.54) is 33.1 Å². The standard InChI is InChI=1S/C29H29NO5S2/c1-17(2)28(29(31)32)30-37(33,34)21-11-12-22-23-15-20(10-13-24(23)35-25(22)16-21)26-7-5-4-6-19-9-8-18(3)14-27(19)36-26/h7-17,28,30H,4-6H2,1-3H3,(H,31,32)/t28-/m0/s1. The molecule has 0 unspecified atom stereocenters. The lowest BCUT2D eigenvalue weighted by Gasteiger charge is -2.17. The number of aliphatic carboxylic acids is 1. The summed E-state index contributed by atoms with van der Waals surface area (Å²) < 4.78 is 34.2. The Morgan fingerprint density at radius 2 is 1.84 bits per heavy atom. The molecule has 0 spiro atoms. The van der Waals surface area contributed by atoms with E-state index >= 15 is 0 Å². The first kappa shape index (κ1) is 25.6. The highest BCUT2D eigenvalue weighted by Gasteiger charge is 2.28. The van der Waals surface area contributed by atoms with Gasteiger partial charge in [-0.15, -0.1) is 0 Å². The zero-order valence-corrected chi connectivity index (χ0v) is 22.6. The smallest absolute Gasteiger partial charge is 0.322 e.